The van der Waals surface area contributed by atoms with Crippen LogP contribution in [0.4, 0.5) is 0 Å². The zero-order valence-corrected chi connectivity index (χ0v) is 9.26. The molecule has 1 aliphatic rings. The molecule has 6 heteroatoms. The van der Waals surface area contributed by atoms with Crippen LogP contribution in [-0.2, 0) is 10.3 Å². The quantitative estimate of drug-likeness (QED) is 0.844. The van der Waals surface area contributed by atoms with Crippen LogP contribution in [0.2, 0.25) is 0 Å². The van der Waals surface area contributed by atoms with Crippen molar-refractivity contribution in [3.8, 4) is 11.6 Å². The summed E-state index contributed by atoms with van der Waals surface area (Å²) >= 11 is 0. The lowest BCUT2D eigenvalue weighted by molar-refractivity contribution is 0.0400. The van der Waals surface area contributed by atoms with E-state index in [2.05, 4.69) is 10.1 Å². The highest BCUT2D eigenvalue weighted by atomic mass is 16.5. The summed E-state index contributed by atoms with van der Waals surface area (Å²) in [5, 5.41) is 3.88. The summed E-state index contributed by atoms with van der Waals surface area (Å²) < 4.78 is 15.7. The standard InChI is InChI=1S/C11H13N3O3/c12-11(3-6-15-7-4-11)10-13-9(14-17-10)8-2-1-5-16-8/h1-2,5H,3-4,6-7,12H2. The third-order valence-corrected chi connectivity index (χ3v) is 2.98. The number of furan rings is 1. The van der Waals surface area contributed by atoms with E-state index in [-0.39, 0.29) is 0 Å². The molecule has 0 saturated carbocycles. The third kappa shape index (κ3) is 1.85. The lowest BCUT2D eigenvalue weighted by Crippen LogP contribution is -2.42. The summed E-state index contributed by atoms with van der Waals surface area (Å²) in [4.78, 5) is 4.30. The molecule has 3 heterocycles. The second kappa shape index (κ2) is 3.97. The van der Waals surface area contributed by atoms with Crippen molar-refractivity contribution in [1.82, 2.24) is 10.1 Å². The second-order valence-electron chi connectivity index (χ2n) is 4.17. The summed E-state index contributed by atoms with van der Waals surface area (Å²) in [6.07, 6.45) is 2.94. The van der Waals surface area contributed by atoms with E-state index in [0.29, 0.717) is 43.5 Å². The fourth-order valence-electron chi connectivity index (χ4n) is 1.88. The van der Waals surface area contributed by atoms with Gasteiger partial charge in [-0.1, -0.05) is 5.16 Å². The van der Waals surface area contributed by atoms with Crippen LogP contribution in [0.3, 0.4) is 0 Å². The van der Waals surface area contributed by atoms with Crippen LogP contribution in [0.5, 0.6) is 0 Å². The number of hydrogen-bond acceptors (Lipinski definition) is 6. The van der Waals surface area contributed by atoms with Crippen LogP contribution >= 0.6 is 0 Å². The van der Waals surface area contributed by atoms with Gasteiger partial charge in [-0.25, -0.2) is 0 Å². The lowest BCUT2D eigenvalue weighted by atomic mass is 9.91. The minimum absolute atomic E-state index is 0.432. The Bertz CT molecular complexity index is 486. The van der Waals surface area contributed by atoms with Gasteiger partial charge in [-0.15, -0.1) is 0 Å². The maximum atomic E-state index is 6.24. The van der Waals surface area contributed by atoms with Crippen LogP contribution in [0.15, 0.2) is 27.3 Å². The van der Waals surface area contributed by atoms with Crippen molar-refractivity contribution < 1.29 is 13.7 Å². The van der Waals surface area contributed by atoms with Gasteiger partial charge in [-0.3, -0.25) is 0 Å². The number of nitrogens with zero attached hydrogens (tertiary/aromatic N) is 2. The van der Waals surface area contributed by atoms with Gasteiger partial charge >= 0.3 is 0 Å². The maximum absolute atomic E-state index is 6.24. The summed E-state index contributed by atoms with van der Waals surface area (Å²) in [6.45, 7) is 1.24. The van der Waals surface area contributed by atoms with Crippen LogP contribution in [-0.4, -0.2) is 23.4 Å². The molecule has 17 heavy (non-hydrogen) atoms. The van der Waals surface area contributed by atoms with Gasteiger partial charge in [0.2, 0.25) is 11.7 Å². The zero-order valence-electron chi connectivity index (χ0n) is 9.26. The Kier molecular flexibility index (Phi) is 2.45. The first kappa shape index (κ1) is 10.5. The molecule has 0 amide bonds. The fourth-order valence-corrected chi connectivity index (χ4v) is 1.88. The molecular weight excluding hydrogens is 222 g/mol. The first-order chi connectivity index (χ1) is 8.28. The molecule has 1 saturated heterocycles. The van der Waals surface area contributed by atoms with Crippen molar-refractivity contribution >= 4 is 0 Å². The molecule has 0 radical (unpaired) electrons. The largest absolute Gasteiger partial charge is 0.461 e. The van der Waals surface area contributed by atoms with E-state index in [1.807, 2.05) is 0 Å². The highest BCUT2D eigenvalue weighted by Crippen LogP contribution is 2.29. The van der Waals surface area contributed by atoms with Crippen molar-refractivity contribution in [2.75, 3.05) is 13.2 Å². The molecular formula is C11H13N3O3. The number of rotatable bonds is 2. The van der Waals surface area contributed by atoms with E-state index in [0.717, 1.165) is 0 Å². The SMILES string of the molecule is NC1(c2nc(-c3ccco3)no2)CCOCC1. The van der Waals surface area contributed by atoms with E-state index in [1.165, 1.54) is 0 Å². The van der Waals surface area contributed by atoms with Gasteiger partial charge < -0.3 is 19.4 Å². The van der Waals surface area contributed by atoms with Gasteiger partial charge in [-0.2, -0.15) is 4.98 Å². The Hall–Kier alpha value is -1.66. The molecule has 2 aromatic heterocycles. The molecule has 90 valence electrons. The summed E-state index contributed by atoms with van der Waals surface area (Å²) in [7, 11) is 0. The van der Waals surface area contributed by atoms with Crippen molar-refractivity contribution in [2.24, 2.45) is 5.73 Å². The maximum Gasteiger partial charge on any atom is 0.247 e. The Morgan fingerprint density at radius 1 is 1.29 bits per heavy atom. The Labute approximate surface area is 97.7 Å². The predicted molar refractivity (Wildman–Crippen MR) is 57.9 cm³/mol. The zero-order chi connectivity index (χ0) is 11.7. The van der Waals surface area contributed by atoms with Gasteiger partial charge in [0.05, 0.1) is 6.26 Å². The summed E-state index contributed by atoms with van der Waals surface area (Å²) in [5.74, 6) is 1.46. The first-order valence-corrected chi connectivity index (χ1v) is 5.53. The molecule has 2 aromatic rings. The van der Waals surface area contributed by atoms with Crippen LogP contribution < -0.4 is 5.73 Å². The van der Waals surface area contributed by atoms with E-state index in [1.54, 1.807) is 18.4 Å². The molecule has 0 spiro atoms. The number of hydrogen-bond donors (Lipinski definition) is 1. The average molecular weight is 235 g/mol. The molecule has 0 bridgehead atoms. The Balaban J connectivity index is 1.89. The van der Waals surface area contributed by atoms with Gasteiger partial charge in [0, 0.05) is 13.2 Å². The average Bonchev–Trinajstić information content (AvgIpc) is 3.01. The lowest BCUT2D eigenvalue weighted by Gasteiger charge is -2.29. The van der Waals surface area contributed by atoms with Gasteiger partial charge in [-0.05, 0) is 25.0 Å². The van der Waals surface area contributed by atoms with Gasteiger partial charge in [0.25, 0.3) is 0 Å². The van der Waals surface area contributed by atoms with Gasteiger partial charge in [0.15, 0.2) is 5.76 Å². The molecule has 0 aliphatic carbocycles. The smallest absolute Gasteiger partial charge is 0.247 e. The van der Waals surface area contributed by atoms with Crippen LogP contribution in [0.25, 0.3) is 11.6 Å². The molecule has 6 nitrogen and oxygen atoms in total. The minimum Gasteiger partial charge on any atom is -0.461 e. The van der Waals surface area contributed by atoms with Crippen molar-refractivity contribution in [3.05, 3.63) is 24.3 Å². The van der Waals surface area contributed by atoms with E-state index >= 15 is 0 Å². The Morgan fingerprint density at radius 2 is 2.12 bits per heavy atom. The number of aromatic nitrogens is 2. The number of ether oxygens (including phenoxy) is 1. The van der Waals surface area contributed by atoms with Crippen LogP contribution in [0, 0.1) is 0 Å². The molecule has 3 rings (SSSR count). The highest BCUT2D eigenvalue weighted by molar-refractivity contribution is 5.44. The second-order valence-corrected chi connectivity index (χ2v) is 4.17. The highest BCUT2D eigenvalue weighted by Gasteiger charge is 2.36. The normalized spacial score (nSPS) is 19.4. The molecule has 0 aromatic carbocycles. The summed E-state index contributed by atoms with van der Waals surface area (Å²) in [6, 6.07) is 3.56. The minimum atomic E-state index is -0.573. The fraction of sp³-hybridized carbons (Fsp3) is 0.455. The third-order valence-electron chi connectivity index (χ3n) is 2.98. The summed E-state index contributed by atoms with van der Waals surface area (Å²) in [5.41, 5.74) is 5.67. The molecule has 1 fully saturated rings. The monoisotopic (exact) mass is 235 g/mol. The van der Waals surface area contributed by atoms with Crippen molar-refractivity contribution in [1.29, 1.82) is 0 Å². The molecule has 2 N–H and O–H groups in total. The number of nitrogens with two attached hydrogens (primary N) is 1. The van der Waals surface area contributed by atoms with E-state index in [9.17, 15) is 0 Å². The van der Waals surface area contributed by atoms with Gasteiger partial charge in [0.1, 0.15) is 5.54 Å². The van der Waals surface area contributed by atoms with E-state index < -0.39 is 5.54 Å². The van der Waals surface area contributed by atoms with Crippen LogP contribution in [0.1, 0.15) is 18.7 Å². The van der Waals surface area contributed by atoms with Crippen molar-refractivity contribution in [3.63, 3.8) is 0 Å². The topological polar surface area (TPSA) is 87.3 Å². The van der Waals surface area contributed by atoms with E-state index in [4.69, 9.17) is 19.4 Å². The molecule has 0 unspecified atom stereocenters. The van der Waals surface area contributed by atoms with Crippen molar-refractivity contribution in [2.45, 2.75) is 18.4 Å². The first-order valence-electron chi connectivity index (χ1n) is 5.53. The Morgan fingerprint density at radius 3 is 2.82 bits per heavy atom. The predicted octanol–water partition coefficient (Wildman–Crippen LogP) is 1.29. The molecule has 0 atom stereocenters. The molecule has 1 aliphatic heterocycles.